The molecule has 4 aromatic rings. The number of aromatic hydroxyl groups is 1. The molecule has 4 heterocycles. The quantitative estimate of drug-likeness (QED) is 0.529. The van der Waals surface area contributed by atoms with E-state index >= 15 is 0 Å². The van der Waals surface area contributed by atoms with Crippen molar-refractivity contribution in [2.24, 2.45) is 5.92 Å². The largest absolute Gasteiger partial charge is 0.507 e. The maximum absolute atomic E-state index is 10.7. The van der Waals surface area contributed by atoms with Gasteiger partial charge in [-0.2, -0.15) is 5.10 Å². The highest BCUT2D eigenvalue weighted by molar-refractivity contribution is 5.82. The van der Waals surface area contributed by atoms with Gasteiger partial charge in [-0.05, 0) is 35.7 Å². The van der Waals surface area contributed by atoms with E-state index in [0.717, 1.165) is 36.3 Å². The van der Waals surface area contributed by atoms with Gasteiger partial charge in [-0.15, -0.1) is 10.2 Å². The lowest BCUT2D eigenvalue weighted by Crippen LogP contribution is -2.53. The van der Waals surface area contributed by atoms with E-state index in [4.69, 9.17) is 0 Å². The molecule has 31 heavy (non-hydrogen) atoms. The zero-order valence-corrected chi connectivity index (χ0v) is 17.6. The zero-order chi connectivity index (χ0) is 21.4. The first-order valence-electron chi connectivity index (χ1n) is 10.5. The van der Waals surface area contributed by atoms with Gasteiger partial charge in [-0.25, -0.2) is 9.50 Å². The number of piperazine rings is 1. The number of benzene rings is 1. The molecule has 8 heteroatoms. The number of rotatable bonds is 4. The van der Waals surface area contributed by atoms with Crippen molar-refractivity contribution in [3.05, 3.63) is 55.0 Å². The molecule has 5 rings (SSSR count). The molecule has 0 radical (unpaired) electrons. The van der Waals surface area contributed by atoms with E-state index in [2.05, 4.69) is 44.3 Å². The smallest absolute Gasteiger partial charge is 0.245 e. The van der Waals surface area contributed by atoms with Crippen LogP contribution in [0.2, 0.25) is 0 Å². The Labute approximate surface area is 180 Å². The fourth-order valence-corrected chi connectivity index (χ4v) is 4.02. The Bertz CT molecular complexity index is 1200. The lowest BCUT2D eigenvalue weighted by molar-refractivity contribution is 0.365. The molecule has 1 unspecified atom stereocenters. The van der Waals surface area contributed by atoms with Gasteiger partial charge in [-0.1, -0.05) is 26.0 Å². The Hall–Kier alpha value is -3.52. The molecule has 3 aromatic heterocycles. The number of phenols is 1. The van der Waals surface area contributed by atoms with E-state index in [1.165, 1.54) is 0 Å². The van der Waals surface area contributed by atoms with Crippen LogP contribution in [0.25, 0.3) is 27.9 Å². The van der Waals surface area contributed by atoms with Crippen molar-refractivity contribution in [1.82, 2.24) is 30.1 Å². The first-order valence-corrected chi connectivity index (χ1v) is 10.5. The van der Waals surface area contributed by atoms with Crippen LogP contribution in [-0.4, -0.2) is 55.6 Å². The molecule has 1 aromatic carbocycles. The monoisotopic (exact) mass is 415 g/mol. The minimum absolute atomic E-state index is 0.138. The van der Waals surface area contributed by atoms with Gasteiger partial charge in [0.1, 0.15) is 11.4 Å². The van der Waals surface area contributed by atoms with Crippen LogP contribution in [0.5, 0.6) is 5.75 Å². The average molecular weight is 416 g/mol. The number of fused-ring (bicyclic) bond motifs is 1. The molecular weight excluding hydrogens is 390 g/mol. The summed E-state index contributed by atoms with van der Waals surface area (Å²) >= 11 is 0. The second-order valence-electron chi connectivity index (χ2n) is 8.21. The summed E-state index contributed by atoms with van der Waals surface area (Å²) < 4.78 is 1.81. The molecule has 1 atom stereocenters. The van der Waals surface area contributed by atoms with E-state index in [1.807, 2.05) is 41.0 Å². The minimum Gasteiger partial charge on any atom is -0.507 e. The van der Waals surface area contributed by atoms with Gasteiger partial charge in [-0.3, -0.25) is 0 Å². The number of nitrogens with one attached hydrogen (secondary N) is 1. The van der Waals surface area contributed by atoms with Crippen LogP contribution >= 0.6 is 0 Å². The van der Waals surface area contributed by atoms with Crippen LogP contribution in [0.3, 0.4) is 0 Å². The zero-order valence-electron chi connectivity index (χ0n) is 17.6. The molecule has 0 aliphatic carbocycles. The molecule has 1 fully saturated rings. The maximum Gasteiger partial charge on any atom is 0.245 e. The third kappa shape index (κ3) is 3.70. The van der Waals surface area contributed by atoms with Gasteiger partial charge in [0.2, 0.25) is 5.95 Å². The first kappa shape index (κ1) is 19.4. The van der Waals surface area contributed by atoms with Crippen LogP contribution in [0.15, 0.2) is 55.0 Å². The predicted octanol–water partition coefficient (Wildman–Crippen LogP) is 2.99. The first-order chi connectivity index (χ1) is 15.1. The van der Waals surface area contributed by atoms with Gasteiger partial charge in [0, 0.05) is 43.0 Å². The number of pyridine rings is 1. The molecule has 2 N–H and O–H groups in total. The van der Waals surface area contributed by atoms with E-state index in [1.54, 1.807) is 18.5 Å². The Morgan fingerprint density at radius 2 is 2.00 bits per heavy atom. The number of phenolic OH excluding ortho intramolecular Hbond substituents is 1. The van der Waals surface area contributed by atoms with Gasteiger partial charge >= 0.3 is 0 Å². The molecule has 8 nitrogen and oxygen atoms in total. The van der Waals surface area contributed by atoms with Crippen LogP contribution in [0, 0.1) is 5.92 Å². The fraction of sp³-hybridized carbons (Fsp3) is 0.304. The fourth-order valence-electron chi connectivity index (χ4n) is 4.02. The molecule has 0 bridgehead atoms. The standard InChI is InChI=1S/C23H25N7O/c1-15(2)20-14-29(10-8-24-20)23-25-13-19(27-28-23)17-7-6-16(11-22(17)31)18-12-26-30-9-4-3-5-21(18)30/h3-7,9,11-13,15,20,24,31H,8,10,14H2,1-2H3. The van der Waals surface area contributed by atoms with Crippen LogP contribution in [0.4, 0.5) is 5.95 Å². The molecule has 0 amide bonds. The number of anilines is 1. The van der Waals surface area contributed by atoms with Crippen molar-refractivity contribution in [3.63, 3.8) is 0 Å². The second-order valence-corrected chi connectivity index (χ2v) is 8.21. The van der Waals surface area contributed by atoms with Crippen molar-refractivity contribution in [2.75, 3.05) is 24.5 Å². The summed E-state index contributed by atoms with van der Waals surface area (Å²) in [5.74, 6) is 1.30. The van der Waals surface area contributed by atoms with E-state index in [9.17, 15) is 5.11 Å². The molecule has 1 aliphatic rings. The van der Waals surface area contributed by atoms with Crippen LogP contribution in [0.1, 0.15) is 13.8 Å². The lowest BCUT2D eigenvalue weighted by Gasteiger charge is -2.35. The number of hydrogen-bond acceptors (Lipinski definition) is 7. The SMILES string of the molecule is CC(C)C1CN(c2ncc(-c3ccc(-c4cnn5ccccc45)cc3O)nn2)CCN1. The molecule has 0 saturated carbocycles. The number of aromatic nitrogens is 5. The molecule has 0 spiro atoms. The molecular formula is C23H25N7O. The Morgan fingerprint density at radius 3 is 2.77 bits per heavy atom. The normalized spacial score (nSPS) is 16.9. The van der Waals surface area contributed by atoms with Crippen LogP contribution in [-0.2, 0) is 0 Å². The summed E-state index contributed by atoms with van der Waals surface area (Å²) in [6.45, 7) is 7.04. The minimum atomic E-state index is 0.138. The van der Waals surface area contributed by atoms with Crippen molar-refractivity contribution < 1.29 is 5.11 Å². The Morgan fingerprint density at radius 1 is 1.10 bits per heavy atom. The van der Waals surface area contributed by atoms with Crippen LogP contribution < -0.4 is 10.2 Å². The summed E-state index contributed by atoms with van der Waals surface area (Å²) in [4.78, 5) is 6.69. The summed E-state index contributed by atoms with van der Waals surface area (Å²) in [7, 11) is 0. The van der Waals surface area contributed by atoms with Crippen molar-refractivity contribution in [2.45, 2.75) is 19.9 Å². The van der Waals surface area contributed by atoms with Gasteiger partial charge in [0.25, 0.3) is 0 Å². The van der Waals surface area contributed by atoms with Gasteiger partial charge in [0.15, 0.2) is 0 Å². The highest BCUT2D eigenvalue weighted by Gasteiger charge is 2.23. The number of nitrogens with zero attached hydrogens (tertiary/aromatic N) is 6. The predicted molar refractivity (Wildman–Crippen MR) is 120 cm³/mol. The third-order valence-electron chi connectivity index (χ3n) is 5.85. The summed E-state index contributed by atoms with van der Waals surface area (Å²) in [6.07, 6.45) is 5.38. The molecule has 1 saturated heterocycles. The van der Waals surface area contributed by atoms with E-state index < -0.39 is 0 Å². The lowest BCUT2D eigenvalue weighted by atomic mass is 10.0. The molecule has 1 aliphatic heterocycles. The maximum atomic E-state index is 10.7. The highest BCUT2D eigenvalue weighted by atomic mass is 16.3. The Balaban J connectivity index is 1.39. The Kier molecular flexibility index (Phi) is 4.99. The summed E-state index contributed by atoms with van der Waals surface area (Å²) in [5.41, 5.74) is 3.98. The van der Waals surface area contributed by atoms with Gasteiger partial charge in [0.05, 0.1) is 17.9 Å². The van der Waals surface area contributed by atoms with Crippen molar-refractivity contribution in [1.29, 1.82) is 0 Å². The topological polar surface area (TPSA) is 91.5 Å². The second kappa shape index (κ2) is 7.96. The van der Waals surface area contributed by atoms with E-state index in [-0.39, 0.29) is 5.75 Å². The van der Waals surface area contributed by atoms with Crippen molar-refractivity contribution in [3.8, 4) is 28.1 Å². The highest BCUT2D eigenvalue weighted by Crippen LogP contribution is 2.33. The average Bonchev–Trinajstić information content (AvgIpc) is 3.23. The van der Waals surface area contributed by atoms with Gasteiger partial charge < -0.3 is 15.3 Å². The van der Waals surface area contributed by atoms with Crippen molar-refractivity contribution >= 4 is 11.5 Å². The summed E-state index contributed by atoms with van der Waals surface area (Å²) in [6, 6.07) is 11.9. The summed E-state index contributed by atoms with van der Waals surface area (Å²) in [5, 5.41) is 27.3. The third-order valence-corrected chi connectivity index (χ3v) is 5.85. The van der Waals surface area contributed by atoms with E-state index in [0.29, 0.717) is 29.2 Å². The number of hydrogen-bond donors (Lipinski definition) is 2. The molecule has 158 valence electrons.